The Labute approximate surface area is 177 Å². The van der Waals surface area contributed by atoms with Gasteiger partial charge in [-0.05, 0) is 36.4 Å². The molecule has 3 rings (SSSR count). The number of thiophene rings is 1. The van der Waals surface area contributed by atoms with Gasteiger partial charge in [0.15, 0.2) is 0 Å². The minimum absolute atomic E-state index is 0.0148. The van der Waals surface area contributed by atoms with Crippen molar-refractivity contribution in [2.45, 2.75) is 0 Å². The van der Waals surface area contributed by atoms with E-state index in [2.05, 4.69) is 5.32 Å². The molecule has 1 aromatic heterocycles. The lowest BCUT2D eigenvalue weighted by molar-refractivity contribution is -0.136. The van der Waals surface area contributed by atoms with Crippen molar-refractivity contribution in [3.63, 3.8) is 0 Å². The lowest BCUT2D eigenvalue weighted by atomic mass is 10.1. The van der Waals surface area contributed by atoms with Gasteiger partial charge in [0.25, 0.3) is 5.91 Å². The van der Waals surface area contributed by atoms with E-state index in [-0.39, 0.29) is 5.70 Å². The number of rotatable bonds is 6. The molecule has 1 heterocycles. The predicted octanol–water partition coefficient (Wildman–Crippen LogP) is 4.15. The molecule has 0 aliphatic rings. The molecule has 7 heteroatoms. The third-order valence-electron chi connectivity index (χ3n) is 4.20. The minimum atomic E-state index is -0.663. The first kappa shape index (κ1) is 21.0. The highest BCUT2D eigenvalue weighted by Gasteiger charge is 2.17. The van der Waals surface area contributed by atoms with Crippen molar-refractivity contribution in [1.82, 2.24) is 5.32 Å². The van der Waals surface area contributed by atoms with Gasteiger partial charge in [-0.3, -0.25) is 4.79 Å². The molecule has 0 spiro atoms. The molecule has 0 aliphatic heterocycles. The number of hydrogen-bond acceptors (Lipinski definition) is 6. The van der Waals surface area contributed by atoms with Crippen molar-refractivity contribution in [3.05, 3.63) is 88.4 Å². The van der Waals surface area contributed by atoms with Crippen LogP contribution in [0.5, 0.6) is 0 Å². The number of nitrogens with one attached hydrogen (secondary N) is 1. The van der Waals surface area contributed by atoms with Crippen LogP contribution >= 0.6 is 11.3 Å². The van der Waals surface area contributed by atoms with Crippen molar-refractivity contribution < 1.29 is 23.9 Å². The van der Waals surface area contributed by atoms with Crippen LogP contribution in [0.1, 0.15) is 25.6 Å². The number of esters is 2. The monoisotopic (exact) mass is 421 g/mol. The highest BCUT2D eigenvalue weighted by molar-refractivity contribution is 7.16. The first-order valence-corrected chi connectivity index (χ1v) is 9.79. The number of methoxy groups -OCH3 is 2. The largest absolute Gasteiger partial charge is 0.465 e. The van der Waals surface area contributed by atoms with E-state index >= 15 is 0 Å². The van der Waals surface area contributed by atoms with Gasteiger partial charge < -0.3 is 14.8 Å². The zero-order chi connectivity index (χ0) is 21.5. The van der Waals surface area contributed by atoms with Gasteiger partial charge in [0, 0.05) is 20.9 Å². The first-order chi connectivity index (χ1) is 14.5. The number of benzene rings is 2. The number of carbonyl (C=O) groups excluding carboxylic acids is 3. The van der Waals surface area contributed by atoms with E-state index in [1.165, 1.54) is 25.6 Å². The number of hydrogen-bond donors (Lipinski definition) is 1. The Morgan fingerprint density at radius 3 is 2.27 bits per heavy atom. The fraction of sp³-hybridized carbons (Fsp3) is 0.0870. The minimum Gasteiger partial charge on any atom is -0.465 e. The van der Waals surface area contributed by atoms with Crippen LogP contribution in [-0.2, 0) is 14.3 Å². The van der Waals surface area contributed by atoms with Crippen molar-refractivity contribution in [2.75, 3.05) is 14.2 Å². The summed E-state index contributed by atoms with van der Waals surface area (Å²) in [5.41, 5.74) is 1.61. The summed E-state index contributed by atoms with van der Waals surface area (Å²) in [7, 11) is 2.58. The van der Waals surface area contributed by atoms with Gasteiger partial charge in [-0.15, -0.1) is 11.3 Å². The van der Waals surface area contributed by atoms with Crippen LogP contribution < -0.4 is 5.32 Å². The first-order valence-electron chi connectivity index (χ1n) is 8.97. The second-order valence-electron chi connectivity index (χ2n) is 6.11. The predicted molar refractivity (Wildman–Crippen MR) is 115 cm³/mol. The van der Waals surface area contributed by atoms with Crippen LogP contribution in [0.15, 0.2) is 72.4 Å². The smallest absolute Gasteiger partial charge is 0.354 e. The highest BCUT2D eigenvalue weighted by Crippen LogP contribution is 2.32. The summed E-state index contributed by atoms with van der Waals surface area (Å²) in [4.78, 5) is 38.2. The summed E-state index contributed by atoms with van der Waals surface area (Å²) in [5, 5.41) is 2.60. The maximum atomic E-state index is 12.4. The molecule has 0 unspecified atom stereocenters. The van der Waals surface area contributed by atoms with Crippen molar-refractivity contribution in [1.29, 1.82) is 0 Å². The standard InChI is InChI=1S/C23H19NO5S/c1-28-22(26)18-11-7-6-10-17(18)20-13-12-16(30-20)14-19(23(27)29-2)24-21(25)15-8-4-3-5-9-15/h3-14H,1-2H3,(H,24,25). The van der Waals surface area contributed by atoms with E-state index in [1.807, 2.05) is 18.2 Å². The van der Waals surface area contributed by atoms with Crippen molar-refractivity contribution in [2.24, 2.45) is 0 Å². The quantitative estimate of drug-likeness (QED) is 0.478. The summed E-state index contributed by atoms with van der Waals surface area (Å²) >= 11 is 1.36. The Morgan fingerprint density at radius 2 is 1.57 bits per heavy atom. The molecule has 1 N–H and O–H groups in total. The molecule has 1 amide bonds. The summed E-state index contributed by atoms with van der Waals surface area (Å²) in [5.74, 6) is -1.51. The van der Waals surface area contributed by atoms with Gasteiger partial charge in [0.2, 0.25) is 0 Å². The summed E-state index contributed by atoms with van der Waals surface area (Å²) in [6.45, 7) is 0. The van der Waals surface area contributed by atoms with E-state index in [0.29, 0.717) is 16.0 Å². The number of ether oxygens (including phenoxy) is 2. The van der Waals surface area contributed by atoms with Crippen LogP contribution in [0.4, 0.5) is 0 Å². The van der Waals surface area contributed by atoms with E-state index in [1.54, 1.807) is 54.6 Å². The SMILES string of the molecule is COC(=O)C(=Cc1ccc(-c2ccccc2C(=O)OC)s1)NC(=O)c1ccccc1. The van der Waals surface area contributed by atoms with Crippen LogP contribution in [0, 0.1) is 0 Å². The third-order valence-corrected chi connectivity index (χ3v) is 5.27. The van der Waals surface area contributed by atoms with Crippen molar-refractivity contribution in [3.8, 4) is 10.4 Å². The summed E-state index contributed by atoms with van der Waals surface area (Å²) in [6, 6.07) is 19.3. The molecule has 0 saturated heterocycles. The average molecular weight is 421 g/mol. The van der Waals surface area contributed by atoms with E-state index < -0.39 is 17.8 Å². The maximum Gasteiger partial charge on any atom is 0.354 e. The lowest BCUT2D eigenvalue weighted by Gasteiger charge is -2.08. The second-order valence-corrected chi connectivity index (χ2v) is 7.22. The molecule has 0 saturated carbocycles. The molecule has 0 radical (unpaired) electrons. The van der Waals surface area contributed by atoms with Crippen LogP contribution in [-0.4, -0.2) is 32.1 Å². The number of amides is 1. The molecule has 6 nitrogen and oxygen atoms in total. The zero-order valence-electron chi connectivity index (χ0n) is 16.4. The van der Waals surface area contributed by atoms with E-state index in [9.17, 15) is 14.4 Å². The Morgan fingerprint density at radius 1 is 0.867 bits per heavy atom. The molecular weight excluding hydrogens is 402 g/mol. The van der Waals surface area contributed by atoms with Gasteiger partial charge in [-0.25, -0.2) is 9.59 Å². The van der Waals surface area contributed by atoms with Gasteiger partial charge in [0.1, 0.15) is 5.70 Å². The molecule has 0 aliphatic carbocycles. The molecule has 0 atom stereocenters. The Hall–Kier alpha value is -3.71. The lowest BCUT2D eigenvalue weighted by Crippen LogP contribution is -2.27. The molecular formula is C23H19NO5S. The van der Waals surface area contributed by atoms with Crippen molar-refractivity contribution >= 4 is 35.3 Å². The normalized spacial score (nSPS) is 10.9. The van der Waals surface area contributed by atoms with Gasteiger partial charge in [-0.1, -0.05) is 36.4 Å². The second kappa shape index (κ2) is 9.67. The van der Waals surface area contributed by atoms with Gasteiger partial charge >= 0.3 is 11.9 Å². The zero-order valence-corrected chi connectivity index (χ0v) is 17.2. The van der Waals surface area contributed by atoms with Crippen LogP contribution in [0.3, 0.4) is 0 Å². The topological polar surface area (TPSA) is 81.7 Å². The molecule has 0 fully saturated rings. The molecule has 3 aromatic rings. The average Bonchev–Trinajstić information content (AvgIpc) is 3.26. The molecule has 152 valence electrons. The molecule has 0 bridgehead atoms. The Balaban J connectivity index is 1.91. The summed E-state index contributed by atoms with van der Waals surface area (Å²) < 4.78 is 9.65. The van der Waals surface area contributed by atoms with Gasteiger partial charge in [0.05, 0.1) is 19.8 Å². The van der Waals surface area contributed by atoms with E-state index in [0.717, 1.165) is 10.4 Å². The highest BCUT2D eigenvalue weighted by atomic mass is 32.1. The van der Waals surface area contributed by atoms with E-state index in [4.69, 9.17) is 9.47 Å². The fourth-order valence-electron chi connectivity index (χ4n) is 2.74. The van der Waals surface area contributed by atoms with Gasteiger partial charge in [-0.2, -0.15) is 0 Å². The van der Waals surface area contributed by atoms with Crippen LogP contribution in [0.2, 0.25) is 0 Å². The maximum absolute atomic E-state index is 12.4. The summed E-state index contributed by atoms with van der Waals surface area (Å²) in [6.07, 6.45) is 1.54. The number of carbonyl (C=O) groups is 3. The third kappa shape index (κ3) is 4.82. The Kier molecular flexibility index (Phi) is 6.77. The fourth-order valence-corrected chi connectivity index (χ4v) is 3.73. The molecule has 30 heavy (non-hydrogen) atoms. The van der Waals surface area contributed by atoms with Crippen LogP contribution in [0.25, 0.3) is 16.5 Å². The Bertz CT molecular complexity index is 1100. The molecule has 2 aromatic carbocycles.